The fourth-order valence-corrected chi connectivity index (χ4v) is 4.07. The van der Waals surface area contributed by atoms with Gasteiger partial charge in [-0.05, 0) is 55.5 Å². The van der Waals surface area contributed by atoms with Crippen molar-refractivity contribution in [3.63, 3.8) is 0 Å². The van der Waals surface area contributed by atoms with E-state index >= 15 is 0 Å². The van der Waals surface area contributed by atoms with Crippen LogP contribution in [0.3, 0.4) is 0 Å². The summed E-state index contributed by atoms with van der Waals surface area (Å²) >= 11 is 0. The molecule has 1 aromatic heterocycles. The molecule has 0 spiro atoms. The van der Waals surface area contributed by atoms with Gasteiger partial charge in [-0.3, -0.25) is 0 Å². The van der Waals surface area contributed by atoms with E-state index in [1.165, 1.54) is 47.3 Å². The molecule has 0 aliphatic carbocycles. The van der Waals surface area contributed by atoms with Gasteiger partial charge in [0.05, 0.1) is 11.0 Å². The first-order chi connectivity index (χ1) is 11.2. The van der Waals surface area contributed by atoms with Crippen LogP contribution in [0.2, 0.25) is 0 Å². The molecule has 0 saturated heterocycles. The first kappa shape index (κ1) is 16.0. The number of fused-ring (bicyclic) bond motifs is 3. The largest absolute Gasteiger partial charge is 0.218 e. The van der Waals surface area contributed by atoms with Crippen LogP contribution in [0.25, 0.3) is 17.0 Å². The number of hydrogen-bond donors (Lipinski definition) is 0. The Balaban J connectivity index is 2.23. The van der Waals surface area contributed by atoms with Crippen molar-refractivity contribution in [2.75, 3.05) is 0 Å². The van der Waals surface area contributed by atoms with Crippen molar-refractivity contribution in [1.29, 1.82) is 0 Å². The molecule has 1 heteroatoms. The molecule has 2 heterocycles. The normalized spacial score (nSPS) is 15.2. The Morgan fingerprint density at radius 2 is 1.83 bits per heavy atom. The third-order valence-electron chi connectivity index (χ3n) is 5.60. The van der Waals surface area contributed by atoms with Gasteiger partial charge in [0.25, 0.3) is 0 Å². The van der Waals surface area contributed by atoms with Gasteiger partial charge < -0.3 is 0 Å². The predicted octanol–water partition coefficient (Wildman–Crippen LogP) is 5.53. The van der Waals surface area contributed by atoms with Crippen LogP contribution in [0, 0.1) is 0 Å². The van der Waals surface area contributed by atoms with Gasteiger partial charge in [-0.2, -0.15) is 4.57 Å². The van der Waals surface area contributed by atoms with E-state index in [2.05, 4.69) is 74.5 Å². The maximum atomic E-state index is 4.50. The lowest BCUT2D eigenvalue weighted by Gasteiger charge is -2.36. The maximum Gasteiger partial charge on any atom is 0.218 e. The van der Waals surface area contributed by atoms with E-state index in [0.717, 1.165) is 12.8 Å². The van der Waals surface area contributed by atoms with E-state index < -0.39 is 0 Å². The quantitative estimate of drug-likeness (QED) is 0.640. The van der Waals surface area contributed by atoms with Crippen LogP contribution >= 0.6 is 0 Å². The predicted molar refractivity (Wildman–Crippen MR) is 98.3 cm³/mol. The van der Waals surface area contributed by atoms with Crippen LogP contribution in [0.4, 0.5) is 0 Å². The molecule has 0 bridgehead atoms. The molecular weight excluding hydrogens is 278 g/mol. The molecule has 1 aliphatic rings. The second-order valence-electron chi connectivity index (χ2n) is 6.68. The number of allylic oxidation sites excluding steroid dienone is 1. The number of unbranched alkanes of at least 4 members (excludes halogenated alkanes) is 1. The van der Waals surface area contributed by atoms with Crippen molar-refractivity contribution < 1.29 is 4.57 Å². The van der Waals surface area contributed by atoms with Crippen LogP contribution in [0.15, 0.2) is 49.2 Å². The summed E-state index contributed by atoms with van der Waals surface area (Å²) in [6.07, 6.45) is 8.02. The van der Waals surface area contributed by atoms with Crippen molar-refractivity contribution in [1.82, 2.24) is 0 Å². The van der Waals surface area contributed by atoms with Gasteiger partial charge in [-0.1, -0.05) is 39.3 Å². The Morgan fingerprint density at radius 3 is 2.52 bits per heavy atom. The van der Waals surface area contributed by atoms with Crippen molar-refractivity contribution in [3.8, 4) is 11.3 Å². The van der Waals surface area contributed by atoms with Gasteiger partial charge in [-0.25, -0.2) is 0 Å². The molecule has 0 unspecified atom stereocenters. The third-order valence-corrected chi connectivity index (χ3v) is 5.60. The molecule has 1 aromatic carbocycles. The van der Waals surface area contributed by atoms with E-state index in [-0.39, 0.29) is 5.41 Å². The van der Waals surface area contributed by atoms with Crippen molar-refractivity contribution >= 4 is 5.70 Å². The van der Waals surface area contributed by atoms with Gasteiger partial charge >= 0.3 is 0 Å². The summed E-state index contributed by atoms with van der Waals surface area (Å²) < 4.78 is 2.29. The van der Waals surface area contributed by atoms with Gasteiger partial charge in [-0.15, -0.1) is 0 Å². The summed E-state index contributed by atoms with van der Waals surface area (Å²) in [6, 6.07) is 13.5. The van der Waals surface area contributed by atoms with E-state index in [9.17, 15) is 0 Å². The number of benzene rings is 1. The molecule has 1 nitrogen and oxygen atoms in total. The van der Waals surface area contributed by atoms with Gasteiger partial charge in [0.1, 0.15) is 0 Å². The zero-order valence-electron chi connectivity index (χ0n) is 14.7. The Morgan fingerprint density at radius 1 is 1.04 bits per heavy atom. The van der Waals surface area contributed by atoms with Crippen LogP contribution in [0.5, 0.6) is 0 Å². The average Bonchev–Trinajstić information content (AvgIpc) is 2.61. The Bertz CT molecular complexity index is 723. The lowest BCUT2D eigenvalue weighted by Crippen LogP contribution is -2.48. The highest BCUT2D eigenvalue weighted by Crippen LogP contribution is 2.46. The summed E-state index contributed by atoms with van der Waals surface area (Å²) in [4.78, 5) is 0. The second-order valence-corrected chi connectivity index (χ2v) is 6.68. The summed E-state index contributed by atoms with van der Waals surface area (Å²) in [5.41, 5.74) is 6.87. The van der Waals surface area contributed by atoms with E-state index in [1.54, 1.807) is 0 Å². The molecule has 0 radical (unpaired) electrons. The Hall–Kier alpha value is -1.89. The van der Waals surface area contributed by atoms with Gasteiger partial charge in [0.15, 0.2) is 11.9 Å². The zero-order chi connectivity index (χ0) is 16.4. The first-order valence-corrected chi connectivity index (χ1v) is 9.02. The highest BCUT2D eigenvalue weighted by Gasteiger charge is 2.45. The molecule has 3 rings (SSSR count). The van der Waals surface area contributed by atoms with E-state index in [0.29, 0.717) is 0 Å². The van der Waals surface area contributed by atoms with Gasteiger partial charge in [0.2, 0.25) is 5.69 Å². The number of aromatic nitrogens is 1. The summed E-state index contributed by atoms with van der Waals surface area (Å²) in [7, 11) is 0. The smallest absolute Gasteiger partial charge is 0.164 e. The number of pyridine rings is 1. The molecule has 0 N–H and O–H groups in total. The Labute approximate surface area is 140 Å². The van der Waals surface area contributed by atoms with Gasteiger partial charge in [0, 0.05) is 12.1 Å². The lowest BCUT2D eigenvalue weighted by atomic mass is 9.68. The minimum Gasteiger partial charge on any atom is -0.164 e. The Kier molecular flexibility index (Phi) is 4.39. The molecule has 23 heavy (non-hydrogen) atoms. The fourth-order valence-electron chi connectivity index (χ4n) is 4.07. The minimum absolute atomic E-state index is 0.0522. The number of nitrogens with zero attached hydrogens (tertiary/aromatic N) is 1. The van der Waals surface area contributed by atoms with Crippen LogP contribution < -0.4 is 4.57 Å². The third kappa shape index (κ3) is 2.43. The molecule has 0 fully saturated rings. The monoisotopic (exact) mass is 306 g/mol. The molecular formula is C22H28N+. The highest BCUT2D eigenvalue weighted by atomic mass is 15.0. The lowest BCUT2D eigenvalue weighted by molar-refractivity contribution is -0.577. The van der Waals surface area contributed by atoms with Crippen molar-refractivity contribution in [3.05, 3.63) is 60.3 Å². The zero-order valence-corrected chi connectivity index (χ0v) is 14.7. The minimum atomic E-state index is 0.0522. The molecule has 0 saturated carbocycles. The first-order valence-electron chi connectivity index (χ1n) is 9.02. The molecule has 1 aliphatic heterocycles. The average molecular weight is 306 g/mol. The molecule has 0 atom stereocenters. The molecule has 2 aromatic rings. The summed E-state index contributed by atoms with van der Waals surface area (Å²) in [6.45, 7) is 11.4. The van der Waals surface area contributed by atoms with Crippen LogP contribution in [-0.2, 0) is 11.8 Å². The second kappa shape index (κ2) is 6.31. The van der Waals surface area contributed by atoms with Crippen molar-refractivity contribution in [2.24, 2.45) is 0 Å². The molecule has 0 amide bonds. The summed E-state index contributed by atoms with van der Waals surface area (Å²) in [5.74, 6) is 0. The van der Waals surface area contributed by atoms with Crippen LogP contribution in [-0.4, -0.2) is 0 Å². The van der Waals surface area contributed by atoms with Crippen LogP contribution in [0.1, 0.15) is 57.6 Å². The maximum absolute atomic E-state index is 4.50. The van der Waals surface area contributed by atoms with Crippen molar-refractivity contribution in [2.45, 2.75) is 58.3 Å². The van der Waals surface area contributed by atoms with E-state index in [4.69, 9.17) is 0 Å². The number of hydrogen-bond acceptors (Lipinski definition) is 0. The standard InChI is InChI=1S/C22H28N/c1-5-8-11-18-13-14-19-20(16-18)22(6-2,7-3)17(4)23-15-10-9-12-21(19)23/h9-10,12-16H,4-8,11H2,1-3H3/q+1. The summed E-state index contributed by atoms with van der Waals surface area (Å²) in [5, 5.41) is 0. The van der Waals surface area contributed by atoms with E-state index in [1.807, 2.05) is 0 Å². The number of rotatable bonds is 5. The molecule has 120 valence electrons. The topological polar surface area (TPSA) is 3.88 Å². The fraction of sp³-hybridized carbons (Fsp3) is 0.409. The highest BCUT2D eigenvalue weighted by molar-refractivity contribution is 5.73. The SMILES string of the molecule is C=C1[n+]2ccccc2-c2ccc(CCCC)cc2C1(CC)CC. The number of aryl methyl sites for hydroxylation is 1.